The van der Waals surface area contributed by atoms with Crippen LogP contribution in [0.2, 0.25) is 0 Å². The van der Waals surface area contributed by atoms with Crippen molar-refractivity contribution in [1.82, 2.24) is 9.61 Å². The van der Waals surface area contributed by atoms with E-state index in [1.165, 1.54) is 0 Å². The van der Waals surface area contributed by atoms with Gasteiger partial charge >= 0.3 is 5.97 Å². The van der Waals surface area contributed by atoms with Crippen molar-refractivity contribution >= 4 is 11.5 Å². The molecule has 4 nitrogen and oxygen atoms in total. The van der Waals surface area contributed by atoms with Crippen molar-refractivity contribution in [2.24, 2.45) is 0 Å². The normalized spacial score (nSPS) is 10.6. The maximum Gasteiger partial charge on any atom is 0.309 e. The highest BCUT2D eigenvalue weighted by Gasteiger charge is 2.05. The van der Waals surface area contributed by atoms with E-state index in [4.69, 9.17) is 5.11 Å². The van der Waals surface area contributed by atoms with E-state index in [-0.39, 0.29) is 6.42 Å². The zero-order chi connectivity index (χ0) is 10.1. The van der Waals surface area contributed by atoms with Crippen molar-refractivity contribution < 1.29 is 9.90 Å². The lowest BCUT2D eigenvalue weighted by atomic mass is 10.3. The number of aryl methyl sites for hydroxylation is 1. The van der Waals surface area contributed by atoms with E-state index in [1.807, 2.05) is 25.3 Å². The summed E-state index contributed by atoms with van der Waals surface area (Å²) in [6.45, 7) is 1.97. The first kappa shape index (κ1) is 8.74. The average molecular weight is 190 g/mol. The highest BCUT2D eigenvalue weighted by Crippen LogP contribution is 2.08. The molecule has 14 heavy (non-hydrogen) atoms. The molecule has 1 N–H and O–H groups in total. The summed E-state index contributed by atoms with van der Waals surface area (Å²) in [5.74, 6) is -0.856. The number of aromatic nitrogens is 2. The zero-order valence-electron chi connectivity index (χ0n) is 7.77. The van der Waals surface area contributed by atoms with Gasteiger partial charge < -0.3 is 5.11 Å². The van der Waals surface area contributed by atoms with E-state index in [2.05, 4.69) is 5.10 Å². The molecule has 2 heterocycles. The highest BCUT2D eigenvalue weighted by molar-refractivity contribution is 5.70. The van der Waals surface area contributed by atoms with Crippen LogP contribution in [0.5, 0.6) is 0 Å². The molecule has 72 valence electrons. The standard InChI is InChI=1S/C10H10N2O2/c1-7-2-3-9-4-8(5-10(13)14)11-12(9)6-7/h2-4,6H,5H2,1H3,(H,13,14). The minimum Gasteiger partial charge on any atom is -0.481 e. The van der Waals surface area contributed by atoms with Crippen LogP contribution in [0.1, 0.15) is 11.3 Å². The van der Waals surface area contributed by atoms with Crippen molar-refractivity contribution in [2.75, 3.05) is 0 Å². The second-order valence-electron chi connectivity index (χ2n) is 3.28. The van der Waals surface area contributed by atoms with Gasteiger partial charge in [0.2, 0.25) is 0 Å². The third-order valence-corrected chi connectivity index (χ3v) is 1.99. The lowest BCUT2D eigenvalue weighted by molar-refractivity contribution is -0.136. The molecule has 2 rings (SSSR count). The van der Waals surface area contributed by atoms with E-state index in [1.54, 1.807) is 10.6 Å². The molecule has 0 bridgehead atoms. The Morgan fingerprint density at radius 1 is 1.57 bits per heavy atom. The van der Waals surface area contributed by atoms with Crippen molar-refractivity contribution in [2.45, 2.75) is 13.3 Å². The van der Waals surface area contributed by atoms with Crippen LogP contribution < -0.4 is 0 Å². The predicted molar refractivity (Wildman–Crippen MR) is 51.3 cm³/mol. The molecule has 2 aromatic rings. The smallest absolute Gasteiger partial charge is 0.309 e. The van der Waals surface area contributed by atoms with Gasteiger partial charge in [-0.1, -0.05) is 6.07 Å². The molecule has 0 spiro atoms. The summed E-state index contributed by atoms with van der Waals surface area (Å²) in [4.78, 5) is 10.5. The molecule has 0 saturated heterocycles. The first-order valence-corrected chi connectivity index (χ1v) is 4.32. The summed E-state index contributed by atoms with van der Waals surface area (Å²) in [6, 6.07) is 5.68. The van der Waals surface area contributed by atoms with Crippen LogP contribution in [0, 0.1) is 6.92 Å². The Labute approximate surface area is 80.8 Å². The number of hydrogen-bond acceptors (Lipinski definition) is 2. The second kappa shape index (κ2) is 3.14. The van der Waals surface area contributed by atoms with Gasteiger partial charge in [-0.25, -0.2) is 4.52 Å². The Bertz CT molecular complexity index is 488. The Morgan fingerprint density at radius 2 is 2.36 bits per heavy atom. The minimum absolute atomic E-state index is 0.0271. The summed E-state index contributed by atoms with van der Waals surface area (Å²) in [5.41, 5.74) is 2.61. The van der Waals surface area contributed by atoms with Gasteiger partial charge in [0.1, 0.15) is 0 Å². The van der Waals surface area contributed by atoms with E-state index >= 15 is 0 Å². The van der Waals surface area contributed by atoms with Gasteiger partial charge in [-0.3, -0.25) is 4.79 Å². The fourth-order valence-corrected chi connectivity index (χ4v) is 1.38. The molecule has 0 aliphatic heterocycles. The zero-order valence-corrected chi connectivity index (χ0v) is 7.77. The summed E-state index contributed by atoms with van der Waals surface area (Å²) >= 11 is 0. The maximum absolute atomic E-state index is 10.5. The quantitative estimate of drug-likeness (QED) is 0.775. The number of nitrogens with zero attached hydrogens (tertiary/aromatic N) is 2. The van der Waals surface area contributed by atoms with Gasteiger partial charge in [0.15, 0.2) is 0 Å². The third-order valence-electron chi connectivity index (χ3n) is 1.99. The van der Waals surface area contributed by atoms with Gasteiger partial charge in [-0.15, -0.1) is 0 Å². The van der Waals surface area contributed by atoms with Crippen LogP contribution in [0.4, 0.5) is 0 Å². The lowest BCUT2D eigenvalue weighted by Crippen LogP contribution is -2.00. The molecule has 0 fully saturated rings. The Balaban J connectivity index is 2.46. The van der Waals surface area contributed by atoms with Crippen LogP contribution in [0.15, 0.2) is 24.4 Å². The summed E-state index contributed by atoms with van der Waals surface area (Å²) < 4.78 is 1.70. The Kier molecular flexibility index (Phi) is 1.96. The second-order valence-corrected chi connectivity index (χ2v) is 3.28. The first-order chi connectivity index (χ1) is 6.65. The van der Waals surface area contributed by atoms with E-state index in [0.717, 1.165) is 11.1 Å². The summed E-state index contributed by atoms with van der Waals surface area (Å²) in [6.07, 6.45) is 1.85. The van der Waals surface area contributed by atoms with Crippen molar-refractivity contribution in [3.63, 3.8) is 0 Å². The Morgan fingerprint density at radius 3 is 3.07 bits per heavy atom. The minimum atomic E-state index is -0.856. The van der Waals surface area contributed by atoms with Gasteiger partial charge in [-0.2, -0.15) is 5.10 Å². The molecule has 0 unspecified atom stereocenters. The molecule has 2 aromatic heterocycles. The van der Waals surface area contributed by atoms with Gasteiger partial charge in [0.25, 0.3) is 0 Å². The highest BCUT2D eigenvalue weighted by atomic mass is 16.4. The number of carbonyl (C=O) groups is 1. The van der Waals surface area contributed by atoms with E-state index < -0.39 is 5.97 Å². The van der Waals surface area contributed by atoms with Crippen LogP contribution in [-0.4, -0.2) is 20.7 Å². The van der Waals surface area contributed by atoms with E-state index in [9.17, 15) is 4.79 Å². The molecular weight excluding hydrogens is 180 g/mol. The van der Waals surface area contributed by atoms with E-state index in [0.29, 0.717) is 5.69 Å². The third kappa shape index (κ3) is 1.59. The van der Waals surface area contributed by atoms with Crippen LogP contribution in [0.3, 0.4) is 0 Å². The average Bonchev–Trinajstić information content (AvgIpc) is 2.44. The fourth-order valence-electron chi connectivity index (χ4n) is 1.38. The van der Waals surface area contributed by atoms with Crippen molar-refractivity contribution in [3.8, 4) is 0 Å². The summed E-state index contributed by atoms with van der Waals surface area (Å²) in [7, 11) is 0. The fraction of sp³-hybridized carbons (Fsp3) is 0.200. The van der Waals surface area contributed by atoms with Crippen LogP contribution >= 0.6 is 0 Å². The van der Waals surface area contributed by atoms with Crippen molar-refractivity contribution in [1.29, 1.82) is 0 Å². The number of carboxylic acids is 1. The maximum atomic E-state index is 10.5. The monoisotopic (exact) mass is 190 g/mol. The lowest BCUT2D eigenvalue weighted by Gasteiger charge is -1.93. The molecule has 0 saturated carbocycles. The predicted octanol–water partition coefficient (Wildman–Crippen LogP) is 1.27. The molecule has 0 aromatic carbocycles. The molecule has 0 atom stereocenters. The topological polar surface area (TPSA) is 54.6 Å². The van der Waals surface area contributed by atoms with Crippen molar-refractivity contribution in [3.05, 3.63) is 35.7 Å². The largest absolute Gasteiger partial charge is 0.481 e. The summed E-state index contributed by atoms with van der Waals surface area (Å²) in [5, 5.41) is 12.7. The Hall–Kier alpha value is -1.84. The van der Waals surface area contributed by atoms with Gasteiger partial charge in [0.05, 0.1) is 17.6 Å². The number of rotatable bonds is 2. The molecule has 0 radical (unpaired) electrons. The first-order valence-electron chi connectivity index (χ1n) is 4.32. The number of hydrogen-bond donors (Lipinski definition) is 1. The van der Waals surface area contributed by atoms with Crippen LogP contribution in [-0.2, 0) is 11.2 Å². The molecule has 0 aliphatic carbocycles. The number of carboxylic acid groups (broad SMARTS) is 1. The molecule has 0 amide bonds. The molecule has 4 heteroatoms. The molecular formula is C10H10N2O2. The molecule has 0 aliphatic rings. The van der Waals surface area contributed by atoms with Gasteiger partial charge in [-0.05, 0) is 24.6 Å². The number of pyridine rings is 1. The number of aliphatic carboxylic acids is 1. The van der Waals surface area contributed by atoms with Crippen LogP contribution in [0.25, 0.3) is 5.52 Å². The SMILES string of the molecule is Cc1ccc2cc(CC(=O)O)nn2c1. The van der Waals surface area contributed by atoms with Gasteiger partial charge in [0, 0.05) is 6.20 Å². The number of fused-ring (bicyclic) bond motifs is 1.